The highest BCUT2D eigenvalue weighted by Gasteiger charge is 2.32. The molecule has 3 heterocycles. The monoisotopic (exact) mass is 462 g/mol. The van der Waals surface area contributed by atoms with Crippen molar-refractivity contribution in [1.82, 2.24) is 10.1 Å². The fourth-order valence-electron chi connectivity index (χ4n) is 5.08. The lowest BCUT2D eigenvalue weighted by Gasteiger charge is -2.27. The number of fused-ring (bicyclic) bond motifs is 1. The standard InChI is InChI=1S/C26H30N4O4/c1-17-13-22(28-34-17)26(31)27-20-7-8-23-18(14-20)9-12-30(23)21-10-11-29(16-21)15-19-5-4-6-24(32-2)25(19)33-3/h4-8,13-14,21H,9-12,15-16H2,1-3H3,(H,27,31). The molecule has 0 aliphatic carbocycles. The SMILES string of the molecule is COc1cccc(CN2CCC(N3CCc4cc(NC(=O)c5cc(C)on5)ccc43)C2)c1OC. The number of aromatic nitrogens is 1. The number of rotatable bonds is 7. The maximum absolute atomic E-state index is 12.4. The molecule has 2 aliphatic heterocycles. The Hall–Kier alpha value is -3.52. The van der Waals surface area contributed by atoms with Crippen LogP contribution in [0.1, 0.15) is 33.8 Å². The van der Waals surface area contributed by atoms with Gasteiger partial charge in [0.05, 0.1) is 14.2 Å². The second kappa shape index (κ2) is 9.38. The number of hydrogen-bond donors (Lipinski definition) is 1. The molecule has 8 nitrogen and oxygen atoms in total. The van der Waals surface area contributed by atoms with E-state index in [0.29, 0.717) is 17.5 Å². The van der Waals surface area contributed by atoms with Crippen LogP contribution in [0.25, 0.3) is 0 Å². The fraction of sp³-hybridized carbons (Fsp3) is 0.385. The van der Waals surface area contributed by atoms with Gasteiger partial charge in [0.1, 0.15) is 5.76 Å². The van der Waals surface area contributed by atoms with Gasteiger partial charge in [-0.1, -0.05) is 17.3 Å². The molecule has 178 valence electrons. The highest BCUT2D eigenvalue weighted by molar-refractivity contribution is 6.03. The van der Waals surface area contributed by atoms with Gasteiger partial charge in [0.25, 0.3) is 5.91 Å². The number of benzene rings is 2. The Morgan fingerprint density at radius 1 is 1.18 bits per heavy atom. The Morgan fingerprint density at radius 2 is 2.06 bits per heavy atom. The summed E-state index contributed by atoms with van der Waals surface area (Å²) >= 11 is 0. The van der Waals surface area contributed by atoms with Gasteiger partial charge in [0, 0.05) is 55.2 Å². The normalized spacial score (nSPS) is 17.6. The number of aryl methyl sites for hydroxylation is 1. The molecule has 1 saturated heterocycles. The van der Waals surface area contributed by atoms with Crippen molar-refractivity contribution in [3.8, 4) is 11.5 Å². The first kappa shape index (κ1) is 22.3. The molecule has 1 aromatic heterocycles. The van der Waals surface area contributed by atoms with Gasteiger partial charge in [-0.05, 0) is 49.6 Å². The van der Waals surface area contributed by atoms with E-state index in [4.69, 9.17) is 14.0 Å². The number of likely N-dealkylation sites (tertiary alicyclic amines) is 1. The zero-order valence-electron chi connectivity index (χ0n) is 19.8. The number of carbonyl (C=O) groups excluding carboxylic acids is 1. The second-order valence-electron chi connectivity index (χ2n) is 8.89. The van der Waals surface area contributed by atoms with Crippen LogP contribution in [0.4, 0.5) is 11.4 Å². The molecule has 1 atom stereocenters. The van der Waals surface area contributed by atoms with Gasteiger partial charge in [0.15, 0.2) is 17.2 Å². The van der Waals surface area contributed by atoms with E-state index in [2.05, 4.69) is 38.5 Å². The smallest absolute Gasteiger partial charge is 0.277 e. The summed E-state index contributed by atoms with van der Waals surface area (Å²) in [4.78, 5) is 17.4. The molecule has 1 fully saturated rings. The zero-order chi connectivity index (χ0) is 23.7. The minimum atomic E-state index is -0.258. The van der Waals surface area contributed by atoms with Gasteiger partial charge in [-0.15, -0.1) is 0 Å². The van der Waals surface area contributed by atoms with Crippen molar-refractivity contribution in [2.75, 3.05) is 44.1 Å². The van der Waals surface area contributed by atoms with E-state index >= 15 is 0 Å². The number of anilines is 2. The maximum atomic E-state index is 12.4. The second-order valence-corrected chi connectivity index (χ2v) is 8.89. The summed E-state index contributed by atoms with van der Waals surface area (Å²) in [7, 11) is 3.36. The molecule has 8 heteroatoms. The van der Waals surface area contributed by atoms with E-state index in [-0.39, 0.29) is 5.91 Å². The number of ether oxygens (including phenoxy) is 2. The van der Waals surface area contributed by atoms with Crippen LogP contribution in [-0.4, -0.2) is 55.9 Å². The number of carbonyl (C=O) groups is 1. The van der Waals surface area contributed by atoms with Crippen molar-refractivity contribution in [3.63, 3.8) is 0 Å². The number of amides is 1. The van der Waals surface area contributed by atoms with Gasteiger partial charge >= 0.3 is 0 Å². The predicted octanol–water partition coefficient (Wildman–Crippen LogP) is 3.89. The lowest BCUT2D eigenvalue weighted by atomic mass is 10.1. The highest BCUT2D eigenvalue weighted by Crippen LogP contribution is 2.36. The Labute approximate surface area is 199 Å². The summed E-state index contributed by atoms with van der Waals surface area (Å²) in [5.74, 6) is 1.94. The minimum absolute atomic E-state index is 0.258. The number of para-hydroxylation sites is 1. The van der Waals surface area contributed by atoms with Crippen molar-refractivity contribution < 1.29 is 18.8 Å². The molecule has 1 amide bonds. The summed E-state index contributed by atoms with van der Waals surface area (Å²) in [6.07, 6.45) is 2.10. The van der Waals surface area contributed by atoms with Crippen LogP contribution in [-0.2, 0) is 13.0 Å². The van der Waals surface area contributed by atoms with Crippen molar-refractivity contribution in [1.29, 1.82) is 0 Å². The van der Waals surface area contributed by atoms with Crippen LogP contribution in [0.3, 0.4) is 0 Å². The van der Waals surface area contributed by atoms with Crippen molar-refractivity contribution >= 4 is 17.3 Å². The molecular formula is C26H30N4O4. The van der Waals surface area contributed by atoms with Crippen LogP contribution in [0.5, 0.6) is 11.5 Å². The lowest BCUT2D eigenvalue weighted by Crippen LogP contribution is -2.36. The number of nitrogens with one attached hydrogen (secondary N) is 1. The maximum Gasteiger partial charge on any atom is 0.277 e. The number of hydrogen-bond acceptors (Lipinski definition) is 7. The first-order valence-corrected chi connectivity index (χ1v) is 11.6. The molecule has 0 saturated carbocycles. The Balaban J connectivity index is 1.24. The summed E-state index contributed by atoms with van der Waals surface area (Å²) in [6.45, 7) is 5.65. The molecular weight excluding hydrogens is 432 g/mol. The summed E-state index contributed by atoms with van der Waals surface area (Å²) in [5, 5.41) is 6.72. The van der Waals surface area contributed by atoms with Gasteiger partial charge in [-0.3, -0.25) is 9.69 Å². The molecule has 0 radical (unpaired) electrons. The highest BCUT2D eigenvalue weighted by atomic mass is 16.5. The Bertz CT molecular complexity index is 1190. The average Bonchev–Trinajstić information content (AvgIpc) is 3.58. The molecule has 3 aromatic rings. The minimum Gasteiger partial charge on any atom is -0.493 e. The molecule has 5 rings (SSSR count). The Kier molecular flexibility index (Phi) is 6.15. The van der Waals surface area contributed by atoms with Crippen molar-refractivity contribution in [2.45, 2.75) is 32.4 Å². The first-order valence-electron chi connectivity index (χ1n) is 11.6. The molecule has 0 bridgehead atoms. The fourth-order valence-corrected chi connectivity index (χ4v) is 5.08. The van der Waals surface area contributed by atoms with E-state index in [1.54, 1.807) is 27.2 Å². The van der Waals surface area contributed by atoms with Gasteiger partial charge in [0.2, 0.25) is 0 Å². The van der Waals surface area contributed by atoms with Crippen LogP contribution in [0.2, 0.25) is 0 Å². The van der Waals surface area contributed by atoms with Gasteiger partial charge in [-0.25, -0.2) is 0 Å². The number of methoxy groups -OCH3 is 2. The van der Waals surface area contributed by atoms with Crippen LogP contribution < -0.4 is 19.7 Å². The van der Waals surface area contributed by atoms with Gasteiger partial charge in [-0.2, -0.15) is 0 Å². The third-order valence-corrected chi connectivity index (χ3v) is 6.70. The van der Waals surface area contributed by atoms with Crippen LogP contribution in [0.15, 0.2) is 47.0 Å². The topological polar surface area (TPSA) is 80.1 Å². The zero-order valence-corrected chi connectivity index (χ0v) is 19.8. The first-order chi connectivity index (χ1) is 16.6. The third-order valence-electron chi connectivity index (χ3n) is 6.70. The van der Waals surface area contributed by atoms with Crippen LogP contribution in [0, 0.1) is 6.92 Å². The predicted molar refractivity (Wildman–Crippen MR) is 130 cm³/mol. The molecule has 0 spiro atoms. The van der Waals surface area contributed by atoms with Gasteiger partial charge < -0.3 is 24.2 Å². The van der Waals surface area contributed by atoms with E-state index in [9.17, 15) is 4.79 Å². The summed E-state index contributed by atoms with van der Waals surface area (Å²) in [6, 6.07) is 14.3. The number of nitrogens with zero attached hydrogens (tertiary/aromatic N) is 3. The van der Waals surface area contributed by atoms with Crippen molar-refractivity contribution in [2.24, 2.45) is 0 Å². The molecule has 34 heavy (non-hydrogen) atoms. The molecule has 1 N–H and O–H groups in total. The van der Waals surface area contributed by atoms with E-state index in [1.165, 1.54) is 11.3 Å². The van der Waals surface area contributed by atoms with E-state index in [1.807, 2.05) is 18.2 Å². The van der Waals surface area contributed by atoms with E-state index < -0.39 is 0 Å². The molecule has 2 aromatic carbocycles. The summed E-state index contributed by atoms with van der Waals surface area (Å²) < 4.78 is 16.1. The molecule has 2 aliphatic rings. The lowest BCUT2D eigenvalue weighted by molar-refractivity contribution is 0.101. The largest absolute Gasteiger partial charge is 0.493 e. The van der Waals surface area contributed by atoms with Crippen LogP contribution >= 0.6 is 0 Å². The van der Waals surface area contributed by atoms with Crippen molar-refractivity contribution in [3.05, 3.63) is 65.0 Å². The average molecular weight is 463 g/mol. The Morgan fingerprint density at radius 3 is 2.82 bits per heavy atom. The quantitative estimate of drug-likeness (QED) is 0.571. The van der Waals surface area contributed by atoms with E-state index in [0.717, 1.165) is 61.8 Å². The molecule has 1 unspecified atom stereocenters. The third kappa shape index (κ3) is 4.33. The summed E-state index contributed by atoms with van der Waals surface area (Å²) in [5.41, 5.74) is 4.75.